The number of aliphatic hydroxyl groups is 4. The van der Waals surface area contributed by atoms with E-state index in [0.29, 0.717) is 13.0 Å². The first-order valence-electron chi connectivity index (χ1n) is 16.5. The molecule has 2 aromatic rings. The Morgan fingerprint density at radius 1 is 0.980 bits per heavy atom. The second-order valence-corrected chi connectivity index (χ2v) is 15.1. The van der Waals surface area contributed by atoms with Crippen molar-refractivity contribution in [1.29, 1.82) is 0 Å². The van der Waals surface area contributed by atoms with Crippen LogP contribution in [0.2, 0.25) is 0 Å². The standard InChI is InChI=1S/C33H45N3O13S/c1-18(2)15-36(50(44,45)21-10-8-20(9-11-21)34-30-28(40)26(38)27(39)29(49-30)31(41)42)16-24(37)23(14-19-6-4-3-5-7-19)35-33(43)48-25-17-47-32-22(25)12-13-46-32/h3-11,18,22-30,32,34,37-40H,12-17H2,1-2H3,(H,35,43)(H,41,42)/t22-,23-,24+,25-,26?,27?,28+,29-,30?,32+/m0/s1. The Hall–Kier alpha value is -3.39. The number of ether oxygens (including phenoxy) is 4. The second-order valence-electron chi connectivity index (χ2n) is 13.1. The van der Waals surface area contributed by atoms with E-state index in [-0.39, 0.29) is 48.5 Å². The summed E-state index contributed by atoms with van der Waals surface area (Å²) in [5, 5.41) is 56.7. The summed E-state index contributed by atoms with van der Waals surface area (Å²) in [5.74, 6) is -1.77. The lowest BCUT2D eigenvalue weighted by molar-refractivity contribution is -0.221. The highest BCUT2D eigenvalue weighted by Gasteiger charge is 2.47. The van der Waals surface area contributed by atoms with Gasteiger partial charge in [-0.25, -0.2) is 18.0 Å². The Morgan fingerprint density at radius 2 is 1.68 bits per heavy atom. The van der Waals surface area contributed by atoms with E-state index in [1.165, 1.54) is 24.3 Å². The van der Waals surface area contributed by atoms with Crippen molar-refractivity contribution < 1.29 is 62.5 Å². The van der Waals surface area contributed by atoms with Crippen molar-refractivity contribution in [3.8, 4) is 0 Å². The second kappa shape index (κ2) is 16.3. The molecule has 17 heteroatoms. The van der Waals surface area contributed by atoms with Gasteiger partial charge in [-0.05, 0) is 48.6 Å². The maximum Gasteiger partial charge on any atom is 0.407 e. The molecule has 3 aliphatic heterocycles. The maximum absolute atomic E-state index is 14.0. The maximum atomic E-state index is 14.0. The van der Waals surface area contributed by atoms with E-state index in [0.717, 1.165) is 9.87 Å². The zero-order chi connectivity index (χ0) is 36.2. The number of aliphatic hydroxyl groups excluding tert-OH is 4. The van der Waals surface area contributed by atoms with E-state index in [4.69, 9.17) is 18.9 Å². The molecule has 3 aliphatic rings. The summed E-state index contributed by atoms with van der Waals surface area (Å²) in [6.45, 7) is 4.03. The van der Waals surface area contributed by atoms with Crippen molar-refractivity contribution in [2.75, 3.05) is 31.6 Å². The molecule has 16 nitrogen and oxygen atoms in total. The largest absolute Gasteiger partial charge is 0.479 e. The van der Waals surface area contributed by atoms with E-state index in [1.807, 2.05) is 44.2 Å². The number of carbonyl (C=O) groups is 2. The van der Waals surface area contributed by atoms with Crippen LogP contribution in [-0.2, 0) is 40.2 Å². The molecule has 0 aromatic heterocycles. The molecule has 0 aliphatic carbocycles. The summed E-state index contributed by atoms with van der Waals surface area (Å²) < 4.78 is 51.0. The van der Waals surface area contributed by atoms with E-state index < -0.39 is 77.3 Å². The molecule has 276 valence electrons. The fraction of sp³-hybridized carbons (Fsp3) is 0.576. The summed E-state index contributed by atoms with van der Waals surface area (Å²) >= 11 is 0. The van der Waals surface area contributed by atoms with Crippen molar-refractivity contribution in [2.45, 2.75) is 86.8 Å². The number of carboxylic acid groups (broad SMARTS) is 1. The van der Waals surface area contributed by atoms with Gasteiger partial charge in [0.25, 0.3) is 0 Å². The number of carbonyl (C=O) groups excluding carboxylic acids is 1. The highest BCUT2D eigenvalue weighted by Crippen LogP contribution is 2.33. The lowest BCUT2D eigenvalue weighted by atomic mass is 9.98. The van der Waals surface area contributed by atoms with Crippen LogP contribution in [0, 0.1) is 11.8 Å². The molecule has 3 heterocycles. The number of carboxylic acids is 1. The van der Waals surface area contributed by atoms with Crippen molar-refractivity contribution in [3.05, 3.63) is 60.2 Å². The van der Waals surface area contributed by atoms with Crippen molar-refractivity contribution in [2.24, 2.45) is 11.8 Å². The first kappa shape index (κ1) is 37.9. The van der Waals surface area contributed by atoms with Gasteiger partial charge in [0.05, 0.1) is 36.2 Å². The van der Waals surface area contributed by atoms with Crippen molar-refractivity contribution in [1.82, 2.24) is 9.62 Å². The number of alkyl carbamates (subject to hydrolysis) is 1. The smallest absolute Gasteiger partial charge is 0.407 e. The minimum Gasteiger partial charge on any atom is -0.479 e. The lowest BCUT2D eigenvalue weighted by Gasteiger charge is -2.39. The van der Waals surface area contributed by atoms with Crippen molar-refractivity contribution in [3.63, 3.8) is 0 Å². The number of nitrogens with zero attached hydrogens (tertiary/aromatic N) is 1. The van der Waals surface area contributed by atoms with Gasteiger partial charge in [-0.2, -0.15) is 4.31 Å². The number of sulfonamides is 1. The normalized spacial score (nSPS) is 29.4. The van der Waals surface area contributed by atoms with Crippen LogP contribution in [0.25, 0.3) is 0 Å². The van der Waals surface area contributed by atoms with Crippen LogP contribution in [0.1, 0.15) is 25.8 Å². The summed E-state index contributed by atoms with van der Waals surface area (Å²) in [6.07, 6.45) is -10.8. The fourth-order valence-corrected chi connectivity index (χ4v) is 7.90. The Balaban J connectivity index is 1.29. The number of benzene rings is 2. The molecule has 7 N–H and O–H groups in total. The van der Waals surface area contributed by atoms with E-state index in [1.54, 1.807) is 0 Å². The Labute approximate surface area is 290 Å². The average Bonchev–Trinajstić information content (AvgIpc) is 3.70. The number of amides is 1. The topological polar surface area (TPSA) is 234 Å². The number of hydrogen-bond acceptors (Lipinski definition) is 13. The number of fused-ring (bicyclic) bond motifs is 1. The van der Waals surface area contributed by atoms with E-state index in [9.17, 15) is 43.5 Å². The van der Waals surface area contributed by atoms with Crippen LogP contribution in [0.15, 0.2) is 59.5 Å². The van der Waals surface area contributed by atoms with Gasteiger partial charge in [-0.3, -0.25) is 0 Å². The van der Waals surface area contributed by atoms with E-state index in [2.05, 4.69) is 10.6 Å². The predicted octanol–water partition coefficient (Wildman–Crippen LogP) is 0.0972. The number of hydrogen-bond donors (Lipinski definition) is 7. The third-order valence-electron chi connectivity index (χ3n) is 8.93. The molecule has 5 rings (SSSR count). The quantitative estimate of drug-likeness (QED) is 0.137. The number of anilines is 1. The van der Waals surface area contributed by atoms with Gasteiger partial charge >= 0.3 is 12.1 Å². The first-order valence-corrected chi connectivity index (χ1v) is 17.9. The molecule has 0 saturated carbocycles. The summed E-state index contributed by atoms with van der Waals surface area (Å²) in [4.78, 5) is 24.4. The van der Waals surface area contributed by atoms with Gasteiger partial charge in [-0.15, -0.1) is 0 Å². The number of aliphatic carboxylic acids is 1. The monoisotopic (exact) mass is 723 g/mol. The average molecular weight is 724 g/mol. The molecule has 0 bridgehead atoms. The number of nitrogens with one attached hydrogen (secondary N) is 2. The summed E-state index contributed by atoms with van der Waals surface area (Å²) in [5.41, 5.74) is 1.03. The minimum absolute atomic E-state index is 0.0449. The van der Waals surface area contributed by atoms with Gasteiger partial charge < -0.3 is 55.1 Å². The molecule has 3 saturated heterocycles. The van der Waals surface area contributed by atoms with Crippen LogP contribution in [0.3, 0.4) is 0 Å². The summed E-state index contributed by atoms with van der Waals surface area (Å²) in [6, 6.07) is 13.5. The molecular formula is C33H45N3O13S. The first-order chi connectivity index (χ1) is 23.7. The predicted molar refractivity (Wildman–Crippen MR) is 175 cm³/mol. The van der Waals surface area contributed by atoms with Gasteiger partial charge in [0.1, 0.15) is 24.4 Å². The van der Waals surface area contributed by atoms with Crippen LogP contribution in [-0.4, -0.2) is 132 Å². The molecule has 3 unspecified atom stereocenters. The van der Waals surface area contributed by atoms with Crippen LogP contribution in [0.4, 0.5) is 10.5 Å². The van der Waals surface area contributed by atoms with Crippen LogP contribution < -0.4 is 10.6 Å². The van der Waals surface area contributed by atoms with Crippen LogP contribution in [0.5, 0.6) is 0 Å². The fourth-order valence-electron chi connectivity index (χ4n) is 6.27. The molecule has 3 fully saturated rings. The van der Waals surface area contributed by atoms with Crippen LogP contribution >= 0.6 is 0 Å². The Morgan fingerprint density at radius 3 is 2.34 bits per heavy atom. The third kappa shape index (κ3) is 8.90. The van der Waals surface area contributed by atoms with Gasteiger partial charge in [0.2, 0.25) is 10.0 Å². The lowest BCUT2D eigenvalue weighted by Crippen LogP contribution is -2.61. The molecule has 1 amide bonds. The van der Waals surface area contributed by atoms with E-state index >= 15 is 0 Å². The SMILES string of the molecule is CC(C)CN(C[C@@H](O)[C@H](Cc1ccccc1)NC(=O)O[C@H]1CO[C@H]2OCC[C@H]21)S(=O)(=O)c1ccc(NC2O[C@H](C(=O)O)C(O)C(O)[C@H]2O)cc1. The molecular weight excluding hydrogens is 678 g/mol. The van der Waals surface area contributed by atoms with Crippen molar-refractivity contribution >= 4 is 27.8 Å². The summed E-state index contributed by atoms with van der Waals surface area (Å²) in [7, 11) is -4.21. The number of rotatable bonds is 14. The zero-order valence-corrected chi connectivity index (χ0v) is 28.5. The molecule has 10 atom stereocenters. The van der Waals surface area contributed by atoms with Gasteiger partial charge in [0.15, 0.2) is 18.6 Å². The minimum atomic E-state index is -4.21. The highest BCUT2D eigenvalue weighted by molar-refractivity contribution is 7.89. The molecule has 0 spiro atoms. The Kier molecular flexibility index (Phi) is 12.3. The zero-order valence-electron chi connectivity index (χ0n) is 27.6. The van der Waals surface area contributed by atoms with Gasteiger partial charge in [0, 0.05) is 18.8 Å². The highest BCUT2D eigenvalue weighted by atomic mass is 32.2. The molecule has 0 radical (unpaired) electrons. The molecule has 2 aromatic carbocycles. The van der Waals surface area contributed by atoms with Gasteiger partial charge in [-0.1, -0.05) is 44.2 Å². The molecule has 50 heavy (non-hydrogen) atoms. The Bertz CT molecular complexity index is 1550. The third-order valence-corrected chi connectivity index (χ3v) is 10.8.